The number of halogens is 1. The molecule has 0 amide bonds. The molecule has 0 fully saturated rings. The van der Waals surface area contributed by atoms with E-state index in [-0.39, 0.29) is 11.6 Å². The van der Waals surface area contributed by atoms with Crippen LogP contribution in [0.1, 0.15) is 11.3 Å². The third-order valence-electron chi connectivity index (χ3n) is 3.32. The number of ether oxygens (including phenoxy) is 1. The molecule has 3 aromatic rings. The minimum absolute atomic E-state index is 0.203. The summed E-state index contributed by atoms with van der Waals surface area (Å²) in [7, 11) is 0. The van der Waals surface area contributed by atoms with Crippen LogP contribution < -0.4 is 10.5 Å². The van der Waals surface area contributed by atoms with Gasteiger partial charge in [0.2, 0.25) is 0 Å². The highest BCUT2D eigenvalue weighted by Gasteiger charge is 2.11. The van der Waals surface area contributed by atoms with Gasteiger partial charge in [0.05, 0.1) is 11.2 Å². The fourth-order valence-electron chi connectivity index (χ4n) is 2.20. The summed E-state index contributed by atoms with van der Waals surface area (Å²) in [6, 6.07) is 14.4. The molecular weight excluding hydrogens is 267 g/mol. The fraction of sp³-hybridized carbons (Fsp3) is 0.118. The Bertz CT molecular complexity index is 802. The van der Waals surface area contributed by atoms with Gasteiger partial charge in [-0.1, -0.05) is 24.3 Å². The SMILES string of the molecule is Cc1cccc(Oc2cc(CN)nc3ccccc23)c1F. The summed E-state index contributed by atoms with van der Waals surface area (Å²) < 4.78 is 19.9. The van der Waals surface area contributed by atoms with Gasteiger partial charge in [-0.05, 0) is 30.7 Å². The predicted octanol–water partition coefficient (Wildman–Crippen LogP) is 3.93. The molecule has 0 aliphatic heterocycles. The summed E-state index contributed by atoms with van der Waals surface area (Å²) in [5, 5.41) is 0.829. The minimum Gasteiger partial charge on any atom is -0.453 e. The van der Waals surface area contributed by atoms with Gasteiger partial charge in [-0.3, -0.25) is 4.98 Å². The molecule has 106 valence electrons. The van der Waals surface area contributed by atoms with Crippen molar-refractivity contribution in [2.45, 2.75) is 13.5 Å². The van der Waals surface area contributed by atoms with Crippen LogP contribution in [0.15, 0.2) is 48.5 Å². The lowest BCUT2D eigenvalue weighted by Gasteiger charge is -2.12. The summed E-state index contributed by atoms with van der Waals surface area (Å²) in [5.41, 5.74) is 7.70. The Morgan fingerprint density at radius 3 is 2.71 bits per heavy atom. The molecule has 4 heteroatoms. The quantitative estimate of drug-likeness (QED) is 0.791. The van der Waals surface area contributed by atoms with Gasteiger partial charge >= 0.3 is 0 Å². The summed E-state index contributed by atoms with van der Waals surface area (Å²) >= 11 is 0. The molecule has 0 aliphatic rings. The Labute approximate surface area is 122 Å². The number of pyridine rings is 1. The smallest absolute Gasteiger partial charge is 0.168 e. The highest BCUT2D eigenvalue weighted by molar-refractivity contribution is 5.85. The van der Waals surface area contributed by atoms with E-state index in [4.69, 9.17) is 10.5 Å². The molecule has 1 heterocycles. The standard InChI is InChI=1S/C17H15FN2O/c1-11-5-4-8-15(17(11)18)21-16-9-12(10-19)20-14-7-3-2-6-13(14)16/h2-9H,10,19H2,1H3. The van der Waals surface area contributed by atoms with Crippen molar-refractivity contribution in [1.82, 2.24) is 4.98 Å². The van der Waals surface area contributed by atoms with E-state index in [0.717, 1.165) is 10.9 Å². The molecule has 0 unspecified atom stereocenters. The predicted molar refractivity (Wildman–Crippen MR) is 80.8 cm³/mol. The van der Waals surface area contributed by atoms with Gasteiger partial charge in [0.25, 0.3) is 0 Å². The molecule has 0 spiro atoms. The van der Waals surface area contributed by atoms with Crippen LogP contribution in [0.4, 0.5) is 4.39 Å². The molecule has 2 aromatic carbocycles. The average Bonchev–Trinajstić information content (AvgIpc) is 2.51. The third kappa shape index (κ3) is 2.58. The molecule has 3 nitrogen and oxygen atoms in total. The molecule has 1 aromatic heterocycles. The van der Waals surface area contributed by atoms with Crippen LogP contribution in [0, 0.1) is 12.7 Å². The Morgan fingerprint density at radius 2 is 1.90 bits per heavy atom. The van der Waals surface area contributed by atoms with Crippen LogP contribution in [-0.4, -0.2) is 4.98 Å². The molecule has 2 N–H and O–H groups in total. The van der Waals surface area contributed by atoms with Crippen LogP contribution >= 0.6 is 0 Å². The Hall–Kier alpha value is -2.46. The van der Waals surface area contributed by atoms with Gasteiger partial charge in [-0.15, -0.1) is 0 Å². The Kier molecular flexibility index (Phi) is 3.54. The monoisotopic (exact) mass is 282 g/mol. The zero-order valence-corrected chi connectivity index (χ0v) is 11.6. The zero-order chi connectivity index (χ0) is 14.8. The van der Waals surface area contributed by atoms with Crippen molar-refractivity contribution in [2.24, 2.45) is 5.73 Å². The van der Waals surface area contributed by atoms with Crippen molar-refractivity contribution in [2.75, 3.05) is 0 Å². The molecule has 0 saturated carbocycles. The van der Waals surface area contributed by atoms with E-state index in [9.17, 15) is 4.39 Å². The number of rotatable bonds is 3. The number of benzene rings is 2. The van der Waals surface area contributed by atoms with E-state index >= 15 is 0 Å². The number of hydrogen-bond donors (Lipinski definition) is 1. The van der Waals surface area contributed by atoms with E-state index in [1.54, 1.807) is 31.2 Å². The molecular formula is C17H15FN2O. The number of para-hydroxylation sites is 1. The van der Waals surface area contributed by atoms with Crippen molar-refractivity contribution < 1.29 is 9.13 Å². The van der Waals surface area contributed by atoms with Crippen molar-refractivity contribution in [3.63, 3.8) is 0 Å². The van der Waals surface area contributed by atoms with Crippen molar-refractivity contribution in [1.29, 1.82) is 0 Å². The number of hydrogen-bond acceptors (Lipinski definition) is 3. The number of aromatic nitrogens is 1. The van der Waals surface area contributed by atoms with Gasteiger partial charge in [-0.2, -0.15) is 0 Å². The molecule has 21 heavy (non-hydrogen) atoms. The first-order valence-corrected chi connectivity index (χ1v) is 6.70. The second-order valence-corrected chi connectivity index (χ2v) is 4.82. The number of fused-ring (bicyclic) bond motifs is 1. The normalized spacial score (nSPS) is 10.8. The highest BCUT2D eigenvalue weighted by Crippen LogP contribution is 2.31. The van der Waals surface area contributed by atoms with Crippen LogP contribution in [-0.2, 0) is 6.54 Å². The van der Waals surface area contributed by atoms with Crippen LogP contribution in [0.2, 0.25) is 0 Å². The van der Waals surface area contributed by atoms with Gasteiger partial charge < -0.3 is 10.5 Å². The van der Waals surface area contributed by atoms with E-state index in [0.29, 0.717) is 23.6 Å². The number of nitrogens with zero attached hydrogens (tertiary/aromatic N) is 1. The second-order valence-electron chi connectivity index (χ2n) is 4.82. The molecule has 3 rings (SSSR count). The van der Waals surface area contributed by atoms with Crippen molar-refractivity contribution >= 4 is 10.9 Å². The minimum atomic E-state index is -0.354. The molecule has 0 saturated heterocycles. The third-order valence-corrected chi connectivity index (χ3v) is 3.32. The summed E-state index contributed by atoms with van der Waals surface area (Å²) in [5.74, 6) is 0.410. The van der Waals surface area contributed by atoms with Gasteiger partial charge in [0.15, 0.2) is 11.6 Å². The summed E-state index contributed by atoms with van der Waals surface area (Å²) in [6.45, 7) is 2.01. The highest BCUT2D eigenvalue weighted by atomic mass is 19.1. The topological polar surface area (TPSA) is 48.1 Å². The van der Waals surface area contributed by atoms with E-state index in [2.05, 4.69) is 4.98 Å². The molecule has 0 radical (unpaired) electrons. The maximum absolute atomic E-state index is 14.1. The van der Waals surface area contributed by atoms with Gasteiger partial charge in [-0.25, -0.2) is 4.39 Å². The van der Waals surface area contributed by atoms with Crippen molar-refractivity contribution in [3.05, 3.63) is 65.6 Å². The maximum Gasteiger partial charge on any atom is 0.168 e. The number of aryl methyl sites for hydroxylation is 1. The lowest BCUT2D eigenvalue weighted by atomic mass is 10.1. The van der Waals surface area contributed by atoms with E-state index in [1.165, 1.54) is 0 Å². The van der Waals surface area contributed by atoms with E-state index in [1.807, 2.05) is 24.3 Å². The average molecular weight is 282 g/mol. The first-order valence-electron chi connectivity index (χ1n) is 6.70. The first kappa shape index (κ1) is 13.5. The molecule has 0 bridgehead atoms. The van der Waals surface area contributed by atoms with Crippen LogP contribution in [0.25, 0.3) is 10.9 Å². The fourth-order valence-corrected chi connectivity index (χ4v) is 2.20. The maximum atomic E-state index is 14.1. The number of nitrogens with two attached hydrogens (primary N) is 1. The van der Waals surface area contributed by atoms with Crippen molar-refractivity contribution in [3.8, 4) is 11.5 Å². The Balaban J connectivity index is 2.13. The Morgan fingerprint density at radius 1 is 1.10 bits per heavy atom. The second kappa shape index (κ2) is 5.50. The molecule has 0 aliphatic carbocycles. The summed E-state index contributed by atoms with van der Waals surface area (Å²) in [6.07, 6.45) is 0. The first-order chi connectivity index (χ1) is 10.2. The van der Waals surface area contributed by atoms with Crippen LogP contribution in [0.3, 0.4) is 0 Å². The summed E-state index contributed by atoms with van der Waals surface area (Å²) in [4.78, 5) is 4.44. The van der Waals surface area contributed by atoms with E-state index < -0.39 is 0 Å². The lowest BCUT2D eigenvalue weighted by molar-refractivity contribution is 0.443. The van der Waals surface area contributed by atoms with Crippen LogP contribution in [0.5, 0.6) is 11.5 Å². The van der Waals surface area contributed by atoms with Gasteiger partial charge in [0.1, 0.15) is 5.75 Å². The molecule has 0 atom stereocenters. The van der Waals surface area contributed by atoms with Gasteiger partial charge in [0, 0.05) is 18.0 Å². The lowest BCUT2D eigenvalue weighted by Crippen LogP contribution is -2.01. The zero-order valence-electron chi connectivity index (χ0n) is 11.6. The largest absolute Gasteiger partial charge is 0.453 e.